The lowest BCUT2D eigenvalue weighted by atomic mass is 10.0. The molecule has 1 fully saturated rings. The molecule has 5 heteroatoms. The zero-order valence-electron chi connectivity index (χ0n) is 11.0. The van der Waals surface area contributed by atoms with Gasteiger partial charge in [0.2, 0.25) is 5.91 Å². The molecule has 0 spiro atoms. The average molecular weight is 262 g/mol. The van der Waals surface area contributed by atoms with E-state index in [1.807, 2.05) is 0 Å². The summed E-state index contributed by atoms with van der Waals surface area (Å²) in [5, 5.41) is 1.87. The number of amides is 1. The molecule has 1 amide bonds. The molecule has 1 saturated carbocycles. The molecule has 4 nitrogen and oxygen atoms in total. The van der Waals surface area contributed by atoms with Gasteiger partial charge in [0.25, 0.3) is 0 Å². The van der Waals surface area contributed by atoms with Crippen molar-refractivity contribution in [1.29, 1.82) is 0 Å². The van der Waals surface area contributed by atoms with Crippen molar-refractivity contribution in [3.8, 4) is 0 Å². The highest BCUT2D eigenvalue weighted by Gasteiger charge is 2.68. The molecule has 1 N–H and O–H groups in total. The second kappa shape index (κ2) is 4.48. The molecule has 1 unspecified atom stereocenters. The van der Waals surface area contributed by atoms with E-state index < -0.39 is 11.3 Å². The largest absolute Gasteiger partial charge is 0.468 e. The maximum atomic E-state index is 11.9. The van der Waals surface area contributed by atoms with Crippen LogP contribution >= 0.6 is 11.6 Å². The Hall–Kier alpha value is -0.770. The Kier molecular flexibility index (Phi) is 3.77. The van der Waals surface area contributed by atoms with E-state index >= 15 is 0 Å². The molecule has 0 aromatic heterocycles. The van der Waals surface area contributed by atoms with Gasteiger partial charge in [-0.25, -0.2) is 0 Å². The summed E-state index contributed by atoms with van der Waals surface area (Å²) in [6.45, 7) is 8.37. The van der Waals surface area contributed by atoms with E-state index in [1.54, 1.807) is 0 Å². The van der Waals surface area contributed by atoms with E-state index in [0.717, 1.165) is 0 Å². The molecular weight excluding hydrogens is 242 g/mol. The number of nitrogens with one attached hydrogen (secondary N) is 1. The van der Waals surface area contributed by atoms with Crippen LogP contribution in [0.15, 0.2) is 0 Å². The van der Waals surface area contributed by atoms with E-state index in [2.05, 4.69) is 37.7 Å². The van der Waals surface area contributed by atoms with Crippen LogP contribution in [0.5, 0.6) is 0 Å². The summed E-state index contributed by atoms with van der Waals surface area (Å²) in [6.07, 6.45) is 0. The number of esters is 1. The minimum absolute atomic E-state index is 0.00976. The maximum absolute atomic E-state index is 11.9. The van der Waals surface area contributed by atoms with Gasteiger partial charge >= 0.3 is 5.97 Å². The van der Waals surface area contributed by atoms with E-state index in [0.29, 0.717) is 0 Å². The van der Waals surface area contributed by atoms with Gasteiger partial charge in [0.15, 0.2) is 0 Å². The first-order chi connectivity index (χ1) is 7.66. The molecule has 1 rings (SSSR count). The predicted octanol–water partition coefficient (Wildman–Crippen LogP) is 1.57. The van der Waals surface area contributed by atoms with Crippen LogP contribution in [0.2, 0.25) is 0 Å². The Morgan fingerprint density at radius 1 is 1.29 bits per heavy atom. The number of ether oxygens (including phenoxy) is 1. The first kappa shape index (κ1) is 14.3. The molecule has 0 aliphatic heterocycles. The van der Waals surface area contributed by atoms with E-state index in [9.17, 15) is 9.59 Å². The monoisotopic (exact) mass is 261 g/mol. The third-order valence-corrected chi connectivity index (χ3v) is 4.53. The topological polar surface area (TPSA) is 55.4 Å². The van der Waals surface area contributed by atoms with Crippen LogP contribution in [-0.2, 0) is 14.3 Å². The second-order valence-corrected chi connectivity index (χ2v) is 6.14. The molecule has 0 saturated heterocycles. The lowest BCUT2D eigenvalue weighted by molar-refractivity contribution is -0.140. The Bertz CT molecular complexity index is 325. The summed E-state index contributed by atoms with van der Waals surface area (Å²) in [6, 6.07) is 0. The lowest BCUT2D eigenvalue weighted by Crippen LogP contribution is -2.36. The second-order valence-electron chi connectivity index (χ2n) is 5.61. The fourth-order valence-corrected chi connectivity index (χ4v) is 2.52. The van der Waals surface area contributed by atoms with Gasteiger partial charge in [0.1, 0.15) is 5.38 Å². The Labute approximate surface area is 107 Å². The number of carbonyl (C=O) groups is 2. The zero-order chi connectivity index (χ0) is 13.4. The van der Waals surface area contributed by atoms with Crippen molar-refractivity contribution < 1.29 is 14.3 Å². The van der Waals surface area contributed by atoms with Gasteiger partial charge in [0.05, 0.1) is 7.11 Å². The van der Waals surface area contributed by atoms with Gasteiger partial charge < -0.3 is 10.1 Å². The SMILES string of the molecule is COC(=O)C(Cl)CNC(=O)C1C(C)(C)C1(C)C. The van der Waals surface area contributed by atoms with Crippen LogP contribution in [-0.4, -0.2) is 30.9 Å². The molecule has 98 valence electrons. The van der Waals surface area contributed by atoms with Crippen molar-refractivity contribution in [1.82, 2.24) is 5.32 Å². The number of methoxy groups -OCH3 is 1. The van der Waals surface area contributed by atoms with Gasteiger partial charge in [-0.05, 0) is 10.8 Å². The molecule has 0 aromatic carbocycles. The van der Waals surface area contributed by atoms with E-state index in [4.69, 9.17) is 11.6 Å². The standard InChI is InChI=1S/C12H20ClNO3/c1-11(2)8(12(11,3)4)9(15)14-6-7(13)10(16)17-5/h7-8H,6H2,1-5H3,(H,14,15). The highest BCUT2D eigenvalue weighted by atomic mass is 35.5. The van der Waals surface area contributed by atoms with Gasteiger partial charge in [0, 0.05) is 12.5 Å². The highest BCUT2D eigenvalue weighted by Crippen LogP contribution is 2.68. The smallest absolute Gasteiger partial charge is 0.325 e. The molecule has 1 atom stereocenters. The summed E-state index contributed by atoms with van der Waals surface area (Å²) in [5.74, 6) is -0.604. The molecule has 17 heavy (non-hydrogen) atoms. The molecule has 1 aliphatic carbocycles. The molecule has 0 bridgehead atoms. The number of carbonyl (C=O) groups excluding carboxylic acids is 2. The first-order valence-corrected chi connectivity index (χ1v) is 6.09. The van der Waals surface area contributed by atoms with Gasteiger partial charge in [-0.1, -0.05) is 27.7 Å². The Morgan fingerprint density at radius 2 is 1.76 bits per heavy atom. The fraction of sp³-hybridized carbons (Fsp3) is 0.833. The quantitative estimate of drug-likeness (QED) is 0.617. The van der Waals surface area contributed by atoms with Gasteiger partial charge in [-0.15, -0.1) is 11.6 Å². The summed E-state index contributed by atoms with van der Waals surface area (Å²) >= 11 is 5.75. The third kappa shape index (κ3) is 2.41. The van der Waals surface area contributed by atoms with E-state index in [1.165, 1.54) is 7.11 Å². The Morgan fingerprint density at radius 3 is 2.12 bits per heavy atom. The number of alkyl halides is 1. The van der Waals surface area contributed by atoms with Crippen LogP contribution in [0.25, 0.3) is 0 Å². The molecule has 0 heterocycles. The normalized spacial score (nSPS) is 22.7. The molecular formula is C12H20ClNO3. The minimum Gasteiger partial charge on any atom is -0.468 e. The first-order valence-electron chi connectivity index (χ1n) is 5.66. The molecule has 0 radical (unpaired) electrons. The van der Waals surface area contributed by atoms with Crippen molar-refractivity contribution in [3.05, 3.63) is 0 Å². The lowest BCUT2D eigenvalue weighted by Gasteiger charge is -2.09. The fourth-order valence-electron chi connectivity index (χ4n) is 2.36. The van der Waals surface area contributed by atoms with Crippen LogP contribution in [0.1, 0.15) is 27.7 Å². The Balaban J connectivity index is 2.46. The van der Waals surface area contributed by atoms with Crippen LogP contribution in [0.4, 0.5) is 0 Å². The third-order valence-electron chi connectivity index (χ3n) is 4.20. The number of hydrogen-bond donors (Lipinski definition) is 1. The zero-order valence-corrected chi connectivity index (χ0v) is 11.7. The van der Waals surface area contributed by atoms with Gasteiger partial charge in [-0.2, -0.15) is 0 Å². The number of hydrogen-bond acceptors (Lipinski definition) is 3. The van der Waals surface area contributed by atoms with Crippen LogP contribution < -0.4 is 5.32 Å². The summed E-state index contributed by atoms with van der Waals surface area (Å²) in [5.41, 5.74) is -0.0195. The summed E-state index contributed by atoms with van der Waals surface area (Å²) in [4.78, 5) is 23.0. The minimum atomic E-state index is -0.825. The van der Waals surface area contributed by atoms with Crippen molar-refractivity contribution in [2.45, 2.75) is 33.1 Å². The highest BCUT2D eigenvalue weighted by molar-refractivity contribution is 6.30. The van der Waals surface area contributed by atoms with Crippen molar-refractivity contribution in [3.63, 3.8) is 0 Å². The van der Waals surface area contributed by atoms with Crippen molar-refractivity contribution in [2.24, 2.45) is 16.7 Å². The predicted molar refractivity (Wildman–Crippen MR) is 65.7 cm³/mol. The van der Waals surface area contributed by atoms with Crippen LogP contribution in [0.3, 0.4) is 0 Å². The van der Waals surface area contributed by atoms with Crippen LogP contribution in [0, 0.1) is 16.7 Å². The maximum Gasteiger partial charge on any atom is 0.325 e. The van der Waals surface area contributed by atoms with Gasteiger partial charge in [-0.3, -0.25) is 9.59 Å². The molecule has 1 aliphatic rings. The van der Waals surface area contributed by atoms with E-state index in [-0.39, 0.29) is 29.2 Å². The summed E-state index contributed by atoms with van der Waals surface area (Å²) in [7, 11) is 1.27. The molecule has 0 aromatic rings. The van der Waals surface area contributed by atoms with Crippen molar-refractivity contribution in [2.75, 3.05) is 13.7 Å². The number of halogens is 1. The summed E-state index contributed by atoms with van der Waals surface area (Å²) < 4.78 is 4.48. The average Bonchev–Trinajstić information content (AvgIpc) is 2.64. The number of rotatable bonds is 4. The van der Waals surface area contributed by atoms with Crippen molar-refractivity contribution >= 4 is 23.5 Å².